The number of hydrogen-bond acceptors (Lipinski definition) is 4. The van der Waals surface area contributed by atoms with Gasteiger partial charge in [-0.25, -0.2) is 0 Å². The normalized spacial score (nSPS) is 10.7. The van der Waals surface area contributed by atoms with Crippen LogP contribution in [-0.2, 0) is 4.79 Å². The molecule has 0 unspecified atom stereocenters. The van der Waals surface area contributed by atoms with E-state index in [-0.39, 0.29) is 11.7 Å². The molecule has 1 amide bonds. The molecule has 0 aromatic heterocycles. The Morgan fingerprint density at radius 2 is 1.80 bits per heavy atom. The molecular formula is C15H15N3O2. The van der Waals surface area contributed by atoms with Crippen molar-refractivity contribution in [2.75, 3.05) is 5.32 Å². The van der Waals surface area contributed by atoms with Crippen molar-refractivity contribution in [1.82, 2.24) is 0 Å². The van der Waals surface area contributed by atoms with Gasteiger partial charge in [-0.2, -0.15) is 0 Å². The minimum atomic E-state index is -0.175. The lowest BCUT2D eigenvalue weighted by Crippen LogP contribution is -2.05. The predicted molar refractivity (Wildman–Crippen MR) is 77.8 cm³/mol. The zero-order chi connectivity index (χ0) is 14.5. The predicted octanol–water partition coefficient (Wildman–Crippen LogP) is 4.07. The molecule has 0 aliphatic carbocycles. The van der Waals surface area contributed by atoms with Gasteiger partial charge < -0.3 is 10.4 Å². The molecule has 20 heavy (non-hydrogen) atoms. The number of rotatable bonds is 3. The summed E-state index contributed by atoms with van der Waals surface area (Å²) < 4.78 is 0. The molecule has 102 valence electrons. The van der Waals surface area contributed by atoms with E-state index in [1.807, 2.05) is 6.92 Å². The Morgan fingerprint density at radius 3 is 2.55 bits per heavy atom. The van der Waals surface area contributed by atoms with Gasteiger partial charge in [0.2, 0.25) is 5.91 Å². The summed E-state index contributed by atoms with van der Waals surface area (Å²) in [6.07, 6.45) is 0. The minimum absolute atomic E-state index is 0.0661. The van der Waals surface area contributed by atoms with Crippen LogP contribution in [0.25, 0.3) is 0 Å². The average molecular weight is 269 g/mol. The number of amides is 1. The van der Waals surface area contributed by atoms with Crippen LogP contribution in [0.2, 0.25) is 0 Å². The number of carbonyl (C=O) groups excluding carboxylic acids is 1. The monoisotopic (exact) mass is 269 g/mol. The van der Waals surface area contributed by atoms with Gasteiger partial charge in [0.25, 0.3) is 0 Å². The van der Waals surface area contributed by atoms with Gasteiger partial charge in [-0.05, 0) is 36.8 Å². The van der Waals surface area contributed by atoms with E-state index in [0.717, 1.165) is 5.56 Å². The van der Waals surface area contributed by atoms with Crippen LogP contribution < -0.4 is 5.32 Å². The van der Waals surface area contributed by atoms with Crippen LogP contribution in [0.5, 0.6) is 5.75 Å². The first-order chi connectivity index (χ1) is 9.56. The highest BCUT2D eigenvalue weighted by atomic mass is 16.3. The van der Waals surface area contributed by atoms with Crippen molar-refractivity contribution in [3.05, 3.63) is 48.0 Å². The first-order valence-corrected chi connectivity index (χ1v) is 6.14. The van der Waals surface area contributed by atoms with Crippen molar-refractivity contribution in [2.24, 2.45) is 10.2 Å². The van der Waals surface area contributed by atoms with Gasteiger partial charge in [-0.15, -0.1) is 10.2 Å². The highest BCUT2D eigenvalue weighted by Gasteiger charge is 2.03. The van der Waals surface area contributed by atoms with Crippen molar-refractivity contribution in [1.29, 1.82) is 0 Å². The van der Waals surface area contributed by atoms with Gasteiger partial charge in [0.1, 0.15) is 17.1 Å². The third-order valence-corrected chi connectivity index (χ3v) is 2.61. The van der Waals surface area contributed by atoms with Crippen LogP contribution in [0.1, 0.15) is 12.5 Å². The third kappa shape index (κ3) is 3.41. The van der Waals surface area contributed by atoms with E-state index < -0.39 is 0 Å². The largest absolute Gasteiger partial charge is 0.506 e. The van der Waals surface area contributed by atoms with Gasteiger partial charge in [0, 0.05) is 6.92 Å². The minimum Gasteiger partial charge on any atom is -0.506 e. The molecule has 0 heterocycles. The van der Waals surface area contributed by atoms with E-state index >= 15 is 0 Å². The van der Waals surface area contributed by atoms with Crippen LogP contribution in [0.15, 0.2) is 52.7 Å². The highest BCUT2D eigenvalue weighted by Crippen LogP contribution is 2.31. The van der Waals surface area contributed by atoms with Crippen molar-refractivity contribution >= 4 is 23.0 Å². The number of nitrogens with zero attached hydrogens (tertiary/aromatic N) is 2. The fourth-order valence-corrected chi connectivity index (χ4v) is 1.68. The summed E-state index contributed by atoms with van der Waals surface area (Å²) in [7, 11) is 0. The highest BCUT2D eigenvalue weighted by molar-refractivity contribution is 5.91. The van der Waals surface area contributed by atoms with Crippen molar-refractivity contribution in [3.8, 4) is 5.75 Å². The van der Waals surface area contributed by atoms with Gasteiger partial charge in [0.15, 0.2) is 0 Å². The Hall–Kier alpha value is -2.69. The molecule has 2 N–H and O–H groups in total. The van der Waals surface area contributed by atoms with Crippen molar-refractivity contribution in [2.45, 2.75) is 13.8 Å². The Balaban J connectivity index is 2.31. The molecule has 0 radical (unpaired) electrons. The number of aromatic hydroxyl groups is 1. The summed E-state index contributed by atoms with van der Waals surface area (Å²) in [6.45, 7) is 3.34. The summed E-state index contributed by atoms with van der Waals surface area (Å²) in [5, 5.41) is 20.5. The molecule has 2 aromatic carbocycles. The Labute approximate surface area is 117 Å². The number of para-hydroxylation sites is 1. The molecule has 0 bridgehead atoms. The summed E-state index contributed by atoms with van der Waals surface area (Å²) >= 11 is 0. The fraction of sp³-hybridized carbons (Fsp3) is 0.133. The molecule has 0 saturated carbocycles. The summed E-state index contributed by atoms with van der Waals surface area (Å²) in [5.74, 6) is -0.109. The lowest BCUT2D eigenvalue weighted by atomic mass is 10.2. The molecule has 0 fully saturated rings. The number of carbonyl (C=O) groups is 1. The van der Waals surface area contributed by atoms with Crippen LogP contribution in [-0.4, -0.2) is 11.0 Å². The molecule has 0 spiro atoms. The Morgan fingerprint density at radius 1 is 1.10 bits per heavy atom. The Bertz CT molecular complexity index is 666. The molecule has 5 nitrogen and oxygen atoms in total. The Kier molecular flexibility index (Phi) is 4.10. The van der Waals surface area contributed by atoms with E-state index in [4.69, 9.17) is 0 Å². The number of nitrogens with one attached hydrogen (secondary N) is 1. The summed E-state index contributed by atoms with van der Waals surface area (Å²) in [4.78, 5) is 11.1. The lowest BCUT2D eigenvalue weighted by Gasteiger charge is -2.04. The summed E-state index contributed by atoms with van der Waals surface area (Å²) in [5.41, 5.74) is 2.48. The van der Waals surface area contributed by atoms with Gasteiger partial charge in [-0.1, -0.05) is 18.2 Å². The molecule has 2 aromatic rings. The maximum atomic E-state index is 11.1. The molecular weight excluding hydrogens is 254 g/mol. The standard InChI is InChI=1S/C15H15N3O2/c1-10-7-8-15(20)14(9-10)18-17-13-6-4-3-5-12(13)16-11(2)19/h3-9,20H,1-2H3,(H,16,19). The second-order valence-corrected chi connectivity index (χ2v) is 4.39. The number of aryl methyl sites for hydroxylation is 1. The smallest absolute Gasteiger partial charge is 0.221 e. The zero-order valence-corrected chi connectivity index (χ0v) is 11.3. The number of azo groups is 1. The first kappa shape index (κ1) is 13.7. The van der Waals surface area contributed by atoms with E-state index in [0.29, 0.717) is 17.1 Å². The van der Waals surface area contributed by atoms with Crippen LogP contribution in [0.4, 0.5) is 17.1 Å². The zero-order valence-electron chi connectivity index (χ0n) is 11.3. The summed E-state index contributed by atoms with van der Waals surface area (Å²) in [6, 6.07) is 12.2. The number of benzene rings is 2. The molecule has 0 aliphatic rings. The van der Waals surface area contributed by atoms with E-state index in [9.17, 15) is 9.90 Å². The van der Waals surface area contributed by atoms with Crippen LogP contribution in [0.3, 0.4) is 0 Å². The van der Waals surface area contributed by atoms with E-state index in [1.165, 1.54) is 6.92 Å². The number of phenols is 1. The number of hydrogen-bond donors (Lipinski definition) is 2. The van der Waals surface area contributed by atoms with Gasteiger partial charge in [0.05, 0.1) is 5.69 Å². The second kappa shape index (κ2) is 5.97. The molecule has 0 aliphatic heterocycles. The maximum Gasteiger partial charge on any atom is 0.221 e. The van der Waals surface area contributed by atoms with Crippen molar-refractivity contribution in [3.63, 3.8) is 0 Å². The number of anilines is 1. The fourth-order valence-electron chi connectivity index (χ4n) is 1.68. The lowest BCUT2D eigenvalue weighted by molar-refractivity contribution is -0.114. The average Bonchev–Trinajstić information content (AvgIpc) is 2.41. The SMILES string of the molecule is CC(=O)Nc1ccccc1N=Nc1cc(C)ccc1O. The molecule has 0 saturated heterocycles. The van der Waals surface area contributed by atoms with Crippen molar-refractivity contribution < 1.29 is 9.90 Å². The number of phenolic OH excluding ortho intramolecular Hbond substituents is 1. The first-order valence-electron chi connectivity index (χ1n) is 6.14. The topological polar surface area (TPSA) is 74.0 Å². The van der Waals surface area contributed by atoms with E-state index in [2.05, 4.69) is 15.5 Å². The third-order valence-electron chi connectivity index (χ3n) is 2.61. The maximum absolute atomic E-state index is 11.1. The van der Waals surface area contributed by atoms with Crippen LogP contribution >= 0.6 is 0 Å². The van der Waals surface area contributed by atoms with Gasteiger partial charge in [-0.3, -0.25) is 4.79 Å². The molecule has 0 atom stereocenters. The van der Waals surface area contributed by atoms with E-state index in [1.54, 1.807) is 42.5 Å². The van der Waals surface area contributed by atoms with Gasteiger partial charge >= 0.3 is 0 Å². The molecule has 5 heteroatoms. The van der Waals surface area contributed by atoms with Crippen LogP contribution in [0, 0.1) is 6.92 Å². The second-order valence-electron chi connectivity index (χ2n) is 4.39. The molecule has 2 rings (SSSR count). The quantitative estimate of drug-likeness (QED) is 0.824.